The van der Waals surface area contributed by atoms with Crippen LogP contribution in [0.4, 0.5) is 0 Å². The van der Waals surface area contributed by atoms with E-state index in [9.17, 15) is 46.8 Å². The molecule has 0 saturated heterocycles. The Hall–Kier alpha value is -10.4. The highest BCUT2D eigenvalue weighted by Crippen LogP contribution is 2.45. The van der Waals surface area contributed by atoms with Gasteiger partial charge in [0.25, 0.3) is 22.2 Å². The van der Waals surface area contributed by atoms with Crippen molar-refractivity contribution in [3.05, 3.63) is 405 Å². The Morgan fingerprint density at radius 2 is 0.598 bits per heavy atom. The van der Waals surface area contributed by atoms with Crippen LogP contribution < -0.4 is 45.0 Å². The highest BCUT2D eigenvalue weighted by atomic mass is 35.5. The van der Waals surface area contributed by atoms with Gasteiger partial charge in [-0.1, -0.05) is 222 Å². The van der Waals surface area contributed by atoms with Crippen molar-refractivity contribution in [3.8, 4) is 0 Å². The molecule has 4 saturated carbocycles. The van der Waals surface area contributed by atoms with Crippen LogP contribution >= 0.6 is 46.4 Å². The molecule has 12 aromatic rings. The van der Waals surface area contributed by atoms with Gasteiger partial charge < -0.3 is 19.9 Å². The third-order valence-corrected chi connectivity index (χ3v) is 26.3. The average Bonchev–Trinajstić information content (AvgIpc) is 0.801. The van der Waals surface area contributed by atoms with Crippen LogP contribution in [0, 0.1) is 6.92 Å². The molecule has 0 bridgehead atoms. The molecule has 8 aromatic carbocycles. The van der Waals surface area contributed by atoms with Crippen LogP contribution in [0.15, 0.2) is 250 Å². The Bertz CT molecular complexity index is 6050. The molecule has 0 radical (unpaired) electrons. The second kappa shape index (κ2) is 39.2. The van der Waals surface area contributed by atoms with Crippen LogP contribution in [0.1, 0.15) is 245 Å². The first kappa shape index (κ1) is 84.5. The number of aromatic nitrogens is 8. The molecule has 4 fully saturated rings. The van der Waals surface area contributed by atoms with E-state index in [1.54, 1.807) is 54.6 Å². The third-order valence-electron chi connectivity index (χ3n) is 23.9. The van der Waals surface area contributed by atoms with E-state index in [-0.39, 0.29) is 51.7 Å². The summed E-state index contributed by atoms with van der Waals surface area (Å²) in [4.78, 5) is 120. The van der Waals surface area contributed by atoms with Gasteiger partial charge in [0.05, 0.1) is 4.90 Å². The van der Waals surface area contributed by atoms with Crippen LogP contribution in [0.3, 0.4) is 0 Å². The molecule has 18 nitrogen and oxygen atoms in total. The zero-order chi connectivity index (χ0) is 82.3. The number of H-pyrrole nitrogens is 8. The topological polar surface area (TPSA) is 297 Å². The monoisotopic (exact) mass is 1670 g/mol. The molecule has 0 amide bonds. The summed E-state index contributed by atoms with van der Waals surface area (Å²) in [5, 5.41) is 2.18. The van der Waals surface area contributed by atoms with E-state index >= 15 is 0 Å². The van der Waals surface area contributed by atoms with Crippen LogP contribution in [0.2, 0.25) is 20.1 Å². The number of halogens is 4. The van der Waals surface area contributed by atoms with E-state index in [1.165, 1.54) is 27.8 Å². The lowest BCUT2D eigenvalue weighted by Gasteiger charge is -2.29. The van der Waals surface area contributed by atoms with E-state index in [2.05, 4.69) is 131 Å². The van der Waals surface area contributed by atoms with Crippen LogP contribution in [-0.2, 0) is 35.5 Å². The van der Waals surface area contributed by atoms with Crippen molar-refractivity contribution < 1.29 is 8.42 Å². The summed E-state index contributed by atoms with van der Waals surface area (Å²) in [6.45, 7) is 2.05. The predicted molar refractivity (Wildman–Crippen MR) is 467 cm³/mol. The highest BCUT2D eigenvalue weighted by Gasteiger charge is 2.33. The predicted octanol–water partition coefficient (Wildman–Crippen LogP) is 18.7. The Morgan fingerprint density at radius 1 is 0.291 bits per heavy atom. The van der Waals surface area contributed by atoms with Gasteiger partial charge in [-0.25, -0.2) is 27.6 Å². The number of aromatic amines is 8. The number of nitrogens with one attached hydrogen (secondary N) is 8. The first-order valence-corrected chi connectivity index (χ1v) is 43.7. The standard InChI is InChI=1S/C24H26N2O4S.C24H26N2O2.2C23H22Cl2N2O2/c1-31(29,30)21-10-6-5-9-19(21)15-20-22(25-24(28)26-23(20)27)18-13-11-17(12-14-18)16-7-3-2-4-8-16;1-16-6-5-7-17(14-16)15-21-22(25-24(28)26-23(21)27)20-12-10-19(11-13-20)18-8-3-2-4-9-18;24-18-10-11-20(25)17(12-18)13-19-21(26-23(29)27-22(19)28)16-8-6-15(7-9-16)14-4-2-1-3-5-14;24-18-11-10-17(20(25)13-18)12-19-21(26-23(29)27-22(19)28)16-8-6-15(7-9-16)14-4-2-1-3-5-14/h2-10,17-18H,11-15H2,1H3,(H2,25,26,27,28);2-9,14,19-20H,10-13,15H2,1H3,(H2,25,26,27,28);1-5,10-12,15-16H,6-9,13H2,(H2,26,27,28,29);1-5,10-11,13,15-16H,6-9,12H2,(H2,26,27,28,29). The van der Waals surface area contributed by atoms with E-state index in [0.717, 1.165) is 143 Å². The second-order valence-corrected chi connectivity index (χ2v) is 35.3. The van der Waals surface area contributed by atoms with Crippen molar-refractivity contribution in [2.45, 2.75) is 188 Å². The van der Waals surface area contributed by atoms with Crippen molar-refractivity contribution in [1.82, 2.24) is 39.9 Å². The fourth-order valence-corrected chi connectivity index (χ4v) is 19.7. The lowest BCUT2D eigenvalue weighted by Crippen LogP contribution is -2.30. The van der Waals surface area contributed by atoms with Crippen molar-refractivity contribution >= 4 is 56.2 Å². The van der Waals surface area contributed by atoms with Gasteiger partial charge in [-0.05, 0) is 238 Å². The minimum Gasteiger partial charge on any atom is -0.311 e. The normalized spacial score (nSPS) is 19.3. The molecule has 117 heavy (non-hydrogen) atoms. The van der Waals surface area contributed by atoms with Crippen LogP contribution in [0.5, 0.6) is 0 Å². The fourth-order valence-electron chi connectivity index (χ4n) is 17.9. The molecule has 606 valence electrons. The molecule has 4 aliphatic rings. The molecular weight excluding hydrogens is 1570 g/mol. The lowest BCUT2D eigenvalue weighted by molar-refractivity contribution is 0.388. The Morgan fingerprint density at radius 3 is 0.949 bits per heavy atom. The van der Waals surface area contributed by atoms with Crippen molar-refractivity contribution in [1.29, 1.82) is 0 Å². The maximum absolute atomic E-state index is 12.7. The molecule has 0 atom stereocenters. The van der Waals surface area contributed by atoms with Gasteiger partial charge in [0.1, 0.15) is 0 Å². The number of benzene rings is 8. The fraction of sp³-hybridized carbons (Fsp3) is 0.319. The summed E-state index contributed by atoms with van der Waals surface area (Å²) < 4.78 is 24.4. The molecule has 4 aromatic heterocycles. The number of sulfone groups is 1. The van der Waals surface area contributed by atoms with Gasteiger partial charge in [0.15, 0.2) is 9.84 Å². The quantitative estimate of drug-likeness (QED) is 0.0426. The highest BCUT2D eigenvalue weighted by molar-refractivity contribution is 7.90. The smallest absolute Gasteiger partial charge is 0.311 e. The van der Waals surface area contributed by atoms with E-state index in [0.29, 0.717) is 96.5 Å². The Labute approximate surface area is 698 Å². The summed E-state index contributed by atoms with van der Waals surface area (Å²) in [7, 11) is -3.43. The minimum absolute atomic E-state index is 0.0651. The maximum atomic E-state index is 12.7. The van der Waals surface area contributed by atoms with Gasteiger partial charge in [-0.3, -0.25) is 39.1 Å². The lowest BCUT2D eigenvalue weighted by atomic mass is 9.76. The summed E-state index contributed by atoms with van der Waals surface area (Å²) >= 11 is 24.7. The van der Waals surface area contributed by atoms with Gasteiger partial charge in [0, 0.05) is 97.1 Å². The molecule has 23 heteroatoms. The largest absolute Gasteiger partial charge is 0.325 e. The molecule has 8 N–H and O–H groups in total. The third kappa shape index (κ3) is 22.1. The summed E-state index contributed by atoms with van der Waals surface area (Å²) in [6, 6.07) is 67.4. The Kier molecular flexibility index (Phi) is 28.3. The number of hydrogen-bond donors (Lipinski definition) is 8. The van der Waals surface area contributed by atoms with Gasteiger partial charge in [-0.15, -0.1) is 0 Å². The van der Waals surface area contributed by atoms with E-state index in [1.807, 2.05) is 67.6 Å². The zero-order valence-corrected chi connectivity index (χ0v) is 69.2. The van der Waals surface area contributed by atoms with Crippen LogP contribution in [-0.4, -0.2) is 54.5 Å². The van der Waals surface area contributed by atoms with Gasteiger partial charge in [0.2, 0.25) is 0 Å². The number of rotatable bonds is 17. The number of aryl methyl sites for hydroxylation is 1. The summed E-state index contributed by atoms with van der Waals surface area (Å²) in [5.74, 6) is 2.68. The van der Waals surface area contributed by atoms with E-state index < -0.39 is 38.2 Å². The SMILES string of the molecule is CS(=O)(=O)c1ccccc1Cc1c(C2CCC(c3ccccc3)CC2)[nH]c(=O)[nH]c1=O.Cc1cccc(Cc2c(C3CCC(c4ccccc4)CC3)[nH]c(=O)[nH]c2=O)c1.O=c1[nH]c(C2CCC(c3ccccc3)CC2)c(Cc2cc(Cl)ccc2Cl)c(=O)[nH]1.O=c1[nH]c(C2CCC(c3ccccc3)CC2)c(Cc2ccc(Cl)cc2Cl)c(=O)[nH]1. The van der Waals surface area contributed by atoms with Gasteiger partial charge in [-0.2, -0.15) is 0 Å². The summed E-state index contributed by atoms with van der Waals surface area (Å²) in [6.07, 6.45) is 18.2. The summed E-state index contributed by atoms with van der Waals surface area (Å²) in [5.41, 5.74) is 11.8. The second-order valence-electron chi connectivity index (χ2n) is 31.6. The molecule has 16 rings (SSSR count). The molecule has 0 spiro atoms. The maximum Gasteiger partial charge on any atom is 0.325 e. The molecule has 0 aliphatic heterocycles. The molecule has 4 aliphatic carbocycles. The molecule has 4 heterocycles. The van der Waals surface area contributed by atoms with Crippen LogP contribution in [0.25, 0.3) is 0 Å². The first-order chi connectivity index (χ1) is 56.4. The van der Waals surface area contributed by atoms with Crippen molar-refractivity contribution in [2.24, 2.45) is 0 Å². The zero-order valence-electron chi connectivity index (χ0n) is 65.4. The van der Waals surface area contributed by atoms with E-state index in [4.69, 9.17) is 46.4 Å². The van der Waals surface area contributed by atoms with Gasteiger partial charge >= 0.3 is 22.8 Å². The van der Waals surface area contributed by atoms with Crippen molar-refractivity contribution in [2.75, 3.05) is 6.26 Å². The number of hydrogen-bond acceptors (Lipinski definition) is 10. The Balaban J connectivity index is 0.000000136. The molecule has 0 unspecified atom stereocenters. The van der Waals surface area contributed by atoms with Crippen molar-refractivity contribution in [3.63, 3.8) is 0 Å². The first-order valence-electron chi connectivity index (χ1n) is 40.3. The minimum atomic E-state index is -3.43. The average molecular weight is 1670 g/mol. The molecular formula is C94H96Cl4N8O10S.